The number of carbonyl (C=O) groups is 2. The van der Waals surface area contributed by atoms with Crippen molar-refractivity contribution in [2.75, 3.05) is 6.79 Å². The summed E-state index contributed by atoms with van der Waals surface area (Å²) < 4.78 is 10.8. The van der Waals surface area contributed by atoms with E-state index in [4.69, 9.17) is 9.47 Å². The first kappa shape index (κ1) is 21.7. The van der Waals surface area contributed by atoms with Gasteiger partial charge in [0.25, 0.3) is 0 Å². The van der Waals surface area contributed by atoms with Crippen LogP contribution in [0.2, 0.25) is 0 Å². The molecule has 30 heavy (non-hydrogen) atoms. The second-order valence-corrected chi connectivity index (χ2v) is 7.69. The molecule has 1 heterocycles. The summed E-state index contributed by atoms with van der Waals surface area (Å²) in [6.07, 6.45) is 1.73. The van der Waals surface area contributed by atoms with Crippen molar-refractivity contribution in [3.8, 4) is 11.5 Å². The molecule has 0 bridgehead atoms. The quantitative estimate of drug-likeness (QED) is 0.685. The summed E-state index contributed by atoms with van der Waals surface area (Å²) in [7, 11) is 0. The lowest BCUT2D eigenvalue weighted by Gasteiger charge is -2.29. The summed E-state index contributed by atoms with van der Waals surface area (Å²) in [5, 5.41) is 2.99. The molecule has 1 aliphatic rings. The number of rotatable bonds is 9. The zero-order valence-electron chi connectivity index (χ0n) is 17.9. The number of amides is 2. The summed E-state index contributed by atoms with van der Waals surface area (Å²) in [5.41, 5.74) is 2.00. The molecule has 6 nitrogen and oxygen atoms in total. The fourth-order valence-electron chi connectivity index (χ4n) is 3.32. The molecule has 0 saturated carbocycles. The molecule has 2 aromatic rings. The van der Waals surface area contributed by atoms with Gasteiger partial charge in [0.2, 0.25) is 18.6 Å². The van der Waals surface area contributed by atoms with Crippen LogP contribution in [0.25, 0.3) is 0 Å². The Balaban J connectivity index is 1.69. The van der Waals surface area contributed by atoms with Gasteiger partial charge in [-0.15, -0.1) is 0 Å². The minimum atomic E-state index is -0.552. The Kier molecular flexibility index (Phi) is 7.33. The summed E-state index contributed by atoms with van der Waals surface area (Å²) in [6.45, 7) is 6.40. The highest BCUT2D eigenvalue weighted by Gasteiger charge is 2.26. The van der Waals surface area contributed by atoms with Crippen LogP contribution in [0.3, 0.4) is 0 Å². The zero-order chi connectivity index (χ0) is 21.5. The van der Waals surface area contributed by atoms with Crippen molar-refractivity contribution in [2.24, 2.45) is 0 Å². The third-order valence-electron chi connectivity index (χ3n) is 5.43. The van der Waals surface area contributed by atoms with E-state index in [1.807, 2.05) is 62.4 Å². The Hall–Kier alpha value is -3.02. The van der Waals surface area contributed by atoms with Gasteiger partial charge in [-0.1, -0.05) is 43.3 Å². The molecular formula is C24H30N2O4. The fourth-order valence-corrected chi connectivity index (χ4v) is 3.32. The van der Waals surface area contributed by atoms with Crippen LogP contribution in [0.1, 0.15) is 44.7 Å². The maximum Gasteiger partial charge on any atom is 0.242 e. The second-order valence-electron chi connectivity index (χ2n) is 7.69. The molecule has 2 aromatic carbocycles. The topological polar surface area (TPSA) is 67.9 Å². The van der Waals surface area contributed by atoms with Crippen LogP contribution in [0.5, 0.6) is 11.5 Å². The molecule has 0 spiro atoms. The van der Waals surface area contributed by atoms with E-state index in [2.05, 4.69) is 5.32 Å². The number of ether oxygens (including phenoxy) is 2. The van der Waals surface area contributed by atoms with Crippen molar-refractivity contribution in [1.29, 1.82) is 0 Å². The van der Waals surface area contributed by atoms with Gasteiger partial charge in [-0.2, -0.15) is 0 Å². The summed E-state index contributed by atoms with van der Waals surface area (Å²) in [4.78, 5) is 27.5. The van der Waals surface area contributed by atoms with E-state index in [0.717, 1.165) is 23.3 Å². The molecule has 6 heteroatoms. The fraction of sp³-hybridized carbons (Fsp3) is 0.417. The predicted molar refractivity (Wildman–Crippen MR) is 115 cm³/mol. The first-order chi connectivity index (χ1) is 14.5. The van der Waals surface area contributed by atoms with Crippen LogP contribution in [0, 0.1) is 0 Å². The molecule has 0 aliphatic carbocycles. The van der Waals surface area contributed by atoms with Gasteiger partial charge in [0, 0.05) is 19.0 Å². The molecule has 0 fully saturated rings. The normalized spacial score (nSPS) is 14.1. The smallest absolute Gasteiger partial charge is 0.242 e. The van der Waals surface area contributed by atoms with E-state index in [-0.39, 0.29) is 24.6 Å². The molecule has 1 N–H and O–H groups in total. The molecule has 0 aromatic heterocycles. The van der Waals surface area contributed by atoms with Gasteiger partial charge in [0.1, 0.15) is 6.04 Å². The summed E-state index contributed by atoms with van der Waals surface area (Å²) >= 11 is 0. The maximum absolute atomic E-state index is 13.1. The Labute approximate surface area is 178 Å². The molecule has 0 unspecified atom stereocenters. The summed E-state index contributed by atoms with van der Waals surface area (Å²) in [5.74, 6) is 1.26. The van der Waals surface area contributed by atoms with Gasteiger partial charge in [0.05, 0.1) is 0 Å². The average molecular weight is 411 g/mol. The lowest BCUT2D eigenvalue weighted by molar-refractivity contribution is -0.140. The molecule has 2 atom stereocenters. The third kappa shape index (κ3) is 5.53. The van der Waals surface area contributed by atoms with Crippen LogP contribution >= 0.6 is 0 Å². The van der Waals surface area contributed by atoms with Crippen molar-refractivity contribution < 1.29 is 19.1 Å². The summed E-state index contributed by atoms with van der Waals surface area (Å²) in [6, 6.07) is 15.0. The van der Waals surface area contributed by atoms with E-state index in [1.54, 1.807) is 11.8 Å². The van der Waals surface area contributed by atoms with Crippen LogP contribution in [-0.4, -0.2) is 35.6 Å². The standard InChI is InChI=1S/C24H30N2O4/c1-4-17(2)25-24(28)18(3)26(15-20-8-6-5-7-9-20)23(27)13-11-19-10-12-21-22(14-19)30-16-29-21/h5-10,12,14,17-18H,4,11,13,15-16H2,1-3H3,(H,25,28)/t17-,18-/m1/s1. The largest absolute Gasteiger partial charge is 0.454 e. The molecule has 160 valence electrons. The number of fused-ring (bicyclic) bond motifs is 1. The SMILES string of the molecule is CC[C@@H](C)NC(=O)[C@@H](C)N(Cc1ccccc1)C(=O)CCc1ccc2c(c1)OCO2. The van der Waals surface area contributed by atoms with E-state index >= 15 is 0 Å². The first-order valence-corrected chi connectivity index (χ1v) is 10.5. The number of hydrogen-bond acceptors (Lipinski definition) is 4. The van der Waals surface area contributed by atoms with Crippen molar-refractivity contribution in [1.82, 2.24) is 10.2 Å². The van der Waals surface area contributed by atoms with E-state index < -0.39 is 6.04 Å². The van der Waals surface area contributed by atoms with E-state index in [1.165, 1.54) is 0 Å². The highest BCUT2D eigenvalue weighted by molar-refractivity contribution is 5.87. The van der Waals surface area contributed by atoms with Crippen molar-refractivity contribution in [3.63, 3.8) is 0 Å². The number of benzene rings is 2. The number of aryl methyl sites for hydroxylation is 1. The number of carbonyl (C=O) groups excluding carboxylic acids is 2. The van der Waals surface area contributed by atoms with Crippen molar-refractivity contribution in [3.05, 3.63) is 59.7 Å². The van der Waals surface area contributed by atoms with Crippen LogP contribution in [0.15, 0.2) is 48.5 Å². The van der Waals surface area contributed by atoms with Crippen LogP contribution in [0.4, 0.5) is 0 Å². The number of hydrogen-bond donors (Lipinski definition) is 1. The van der Waals surface area contributed by atoms with Gasteiger partial charge >= 0.3 is 0 Å². The molecular weight excluding hydrogens is 380 g/mol. The maximum atomic E-state index is 13.1. The lowest BCUT2D eigenvalue weighted by Crippen LogP contribution is -2.49. The van der Waals surface area contributed by atoms with Gasteiger partial charge in [-0.05, 0) is 49.9 Å². The third-order valence-corrected chi connectivity index (χ3v) is 5.43. The lowest BCUT2D eigenvalue weighted by atomic mass is 10.1. The predicted octanol–water partition coefficient (Wildman–Crippen LogP) is 3.68. The second kappa shape index (κ2) is 10.1. The Bertz CT molecular complexity index is 869. The van der Waals surface area contributed by atoms with Gasteiger partial charge in [-0.3, -0.25) is 9.59 Å². The van der Waals surface area contributed by atoms with Gasteiger partial charge in [0.15, 0.2) is 11.5 Å². The number of nitrogens with zero attached hydrogens (tertiary/aromatic N) is 1. The Morgan fingerprint density at radius 1 is 1.03 bits per heavy atom. The van der Waals surface area contributed by atoms with Crippen molar-refractivity contribution in [2.45, 2.75) is 58.7 Å². The highest BCUT2D eigenvalue weighted by Crippen LogP contribution is 2.32. The van der Waals surface area contributed by atoms with Gasteiger partial charge < -0.3 is 19.7 Å². The van der Waals surface area contributed by atoms with Crippen molar-refractivity contribution >= 4 is 11.8 Å². The highest BCUT2D eigenvalue weighted by atomic mass is 16.7. The van der Waals surface area contributed by atoms with Crippen LogP contribution in [-0.2, 0) is 22.6 Å². The number of nitrogens with one attached hydrogen (secondary N) is 1. The minimum Gasteiger partial charge on any atom is -0.454 e. The molecule has 2 amide bonds. The van der Waals surface area contributed by atoms with E-state index in [9.17, 15) is 9.59 Å². The van der Waals surface area contributed by atoms with E-state index in [0.29, 0.717) is 25.1 Å². The van der Waals surface area contributed by atoms with Gasteiger partial charge in [-0.25, -0.2) is 0 Å². The zero-order valence-corrected chi connectivity index (χ0v) is 17.9. The molecule has 3 rings (SSSR count). The molecule has 0 radical (unpaired) electrons. The average Bonchev–Trinajstić information content (AvgIpc) is 3.23. The Morgan fingerprint density at radius 2 is 1.77 bits per heavy atom. The Morgan fingerprint density at radius 3 is 2.50 bits per heavy atom. The minimum absolute atomic E-state index is 0.0525. The first-order valence-electron chi connectivity index (χ1n) is 10.5. The monoisotopic (exact) mass is 410 g/mol. The molecule has 0 saturated heterocycles. The molecule has 1 aliphatic heterocycles. The van der Waals surface area contributed by atoms with Crippen LogP contribution < -0.4 is 14.8 Å².